The van der Waals surface area contributed by atoms with E-state index in [4.69, 9.17) is 10.5 Å². The summed E-state index contributed by atoms with van der Waals surface area (Å²) < 4.78 is 5.38. The smallest absolute Gasteiger partial charge is 0.188 e. The van der Waals surface area contributed by atoms with Crippen molar-refractivity contribution >= 4 is 29.9 Å². The summed E-state index contributed by atoms with van der Waals surface area (Å²) >= 11 is 0. The molecule has 0 aromatic carbocycles. The topological polar surface area (TPSA) is 62.9 Å². The van der Waals surface area contributed by atoms with Gasteiger partial charge in [0.1, 0.15) is 0 Å². The molecule has 3 N–H and O–H groups in total. The Morgan fingerprint density at radius 2 is 2.35 bits per heavy atom. The van der Waals surface area contributed by atoms with Crippen LogP contribution in [-0.2, 0) is 4.74 Å². The minimum atomic E-state index is 0. The van der Waals surface area contributed by atoms with Gasteiger partial charge in [-0.2, -0.15) is 0 Å². The maximum Gasteiger partial charge on any atom is 0.188 e. The molecule has 1 heterocycles. The van der Waals surface area contributed by atoms with E-state index in [0.29, 0.717) is 25.2 Å². The Labute approximate surface area is 140 Å². The molecular formula is C14H29IN4O. The fourth-order valence-electron chi connectivity index (χ4n) is 2.30. The van der Waals surface area contributed by atoms with Crippen LogP contribution in [0.1, 0.15) is 26.2 Å². The van der Waals surface area contributed by atoms with Gasteiger partial charge in [-0.05, 0) is 32.4 Å². The second kappa shape index (κ2) is 12.4. The molecule has 118 valence electrons. The third-order valence-corrected chi connectivity index (χ3v) is 3.40. The molecule has 0 bridgehead atoms. The molecule has 1 saturated heterocycles. The van der Waals surface area contributed by atoms with E-state index >= 15 is 0 Å². The summed E-state index contributed by atoms with van der Waals surface area (Å²) in [6, 6.07) is 0.564. The van der Waals surface area contributed by atoms with Crippen LogP contribution >= 0.6 is 24.0 Å². The number of nitrogens with zero attached hydrogens (tertiary/aromatic N) is 2. The summed E-state index contributed by atoms with van der Waals surface area (Å²) in [5, 5.41) is 3.07. The van der Waals surface area contributed by atoms with E-state index < -0.39 is 0 Å². The first-order valence-corrected chi connectivity index (χ1v) is 7.24. The van der Waals surface area contributed by atoms with Crippen molar-refractivity contribution in [2.45, 2.75) is 32.2 Å². The number of nitrogens with two attached hydrogens (primary N) is 1. The highest BCUT2D eigenvalue weighted by Crippen LogP contribution is 2.16. The Balaban J connectivity index is 0.00000361. The van der Waals surface area contributed by atoms with Crippen LogP contribution in [0, 0.1) is 0 Å². The molecule has 1 aliphatic heterocycles. The first kappa shape index (κ1) is 19.7. The van der Waals surface area contributed by atoms with Crippen molar-refractivity contribution in [3.8, 4) is 0 Å². The molecule has 1 fully saturated rings. The Morgan fingerprint density at radius 1 is 1.55 bits per heavy atom. The third-order valence-electron chi connectivity index (χ3n) is 3.40. The highest BCUT2D eigenvalue weighted by Gasteiger charge is 2.22. The van der Waals surface area contributed by atoms with Gasteiger partial charge in [0.2, 0.25) is 0 Å². The molecule has 0 aromatic rings. The molecule has 5 nitrogen and oxygen atoms in total. The van der Waals surface area contributed by atoms with Gasteiger partial charge in [-0.15, -0.1) is 30.6 Å². The summed E-state index contributed by atoms with van der Waals surface area (Å²) in [6.07, 6.45) is 5.25. The van der Waals surface area contributed by atoms with Crippen LogP contribution in [0.4, 0.5) is 0 Å². The lowest BCUT2D eigenvalue weighted by Gasteiger charge is -2.20. The zero-order valence-electron chi connectivity index (χ0n) is 12.5. The summed E-state index contributed by atoms with van der Waals surface area (Å²) in [5.74, 6) is 0.523. The number of likely N-dealkylation sites (tertiary alicyclic amines) is 1. The number of halogens is 1. The molecule has 1 unspecified atom stereocenters. The lowest BCUT2D eigenvalue weighted by atomic mass is 10.2. The van der Waals surface area contributed by atoms with Gasteiger partial charge in [0.15, 0.2) is 5.96 Å². The van der Waals surface area contributed by atoms with Crippen molar-refractivity contribution in [3.63, 3.8) is 0 Å². The van der Waals surface area contributed by atoms with Crippen molar-refractivity contribution in [3.05, 3.63) is 12.7 Å². The molecule has 0 spiro atoms. The third kappa shape index (κ3) is 8.06. The van der Waals surface area contributed by atoms with E-state index in [1.807, 2.05) is 6.08 Å². The summed E-state index contributed by atoms with van der Waals surface area (Å²) in [7, 11) is 0. The van der Waals surface area contributed by atoms with Gasteiger partial charge < -0.3 is 15.8 Å². The number of hydrogen-bond acceptors (Lipinski definition) is 3. The Hall–Kier alpha value is -0.340. The number of hydrogen-bond donors (Lipinski definition) is 2. The fraction of sp³-hybridized carbons (Fsp3) is 0.786. The lowest BCUT2D eigenvalue weighted by Crippen LogP contribution is -2.37. The maximum atomic E-state index is 5.83. The minimum absolute atomic E-state index is 0. The summed E-state index contributed by atoms with van der Waals surface area (Å²) in [6.45, 7) is 11.0. The molecular weight excluding hydrogens is 367 g/mol. The molecule has 1 rings (SSSR count). The highest BCUT2D eigenvalue weighted by atomic mass is 127. The number of rotatable bonds is 9. The molecule has 0 aliphatic carbocycles. The van der Waals surface area contributed by atoms with Crippen LogP contribution in [0.2, 0.25) is 0 Å². The molecule has 0 radical (unpaired) electrons. The monoisotopic (exact) mass is 396 g/mol. The molecule has 6 heteroatoms. The summed E-state index contributed by atoms with van der Waals surface area (Å²) in [5.41, 5.74) is 5.83. The van der Waals surface area contributed by atoms with Crippen LogP contribution in [-0.4, -0.2) is 56.3 Å². The van der Waals surface area contributed by atoms with Gasteiger partial charge in [0.25, 0.3) is 0 Å². The van der Waals surface area contributed by atoms with Crippen molar-refractivity contribution in [2.75, 3.05) is 39.4 Å². The zero-order chi connectivity index (χ0) is 13.9. The largest absolute Gasteiger partial charge is 0.379 e. The van der Waals surface area contributed by atoms with Gasteiger partial charge in [0, 0.05) is 12.6 Å². The van der Waals surface area contributed by atoms with Gasteiger partial charge in [-0.25, -0.2) is 0 Å². The quantitative estimate of drug-likeness (QED) is 0.204. The molecule has 1 aliphatic rings. The maximum absolute atomic E-state index is 5.83. The number of guanidine groups is 1. The van der Waals surface area contributed by atoms with Crippen LogP contribution in [0.15, 0.2) is 17.6 Å². The SMILES string of the molecule is C=CCCOCCNC(N)=NCC1CCCN1CC.I. The number of aliphatic imine (C=N–C) groups is 1. The van der Waals surface area contributed by atoms with E-state index in [-0.39, 0.29) is 24.0 Å². The predicted molar refractivity (Wildman–Crippen MR) is 95.8 cm³/mol. The lowest BCUT2D eigenvalue weighted by molar-refractivity contribution is 0.143. The highest BCUT2D eigenvalue weighted by molar-refractivity contribution is 14.0. The number of likely N-dealkylation sites (N-methyl/N-ethyl adjacent to an activating group) is 1. The number of nitrogens with one attached hydrogen (secondary N) is 1. The molecule has 0 amide bonds. The van der Waals surface area contributed by atoms with E-state index in [2.05, 4.69) is 28.7 Å². The van der Waals surface area contributed by atoms with Crippen LogP contribution in [0.3, 0.4) is 0 Å². The van der Waals surface area contributed by atoms with E-state index in [1.165, 1.54) is 19.4 Å². The van der Waals surface area contributed by atoms with Gasteiger partial charge in [-0.3, -0.25) is 9.89 Å². The van der Waals surface area contributed by atoms with E-state index in [1.54, 1.807) is 0 Å². The van der Waals surface area contributed by atoms with Crippen LogP contribution in [0.5, 0.6) is 0 Å². The van der Waals surface area contributed by atoms with Crippen molar-refractivity contribution < 1.29 is 4.74 Å². The first-order chi connectivity index (χ1) is 9.27. The second-order valence-corrected chi connectivity index (χ2v) is 4.77. The van der Waals surface area contributed by atoms with Crippen LogP contribution in [0.25, 0.3) is 0 Å². The fourth-order valence-corrected chi connectivity index (χ4v) is 2.30. The van der Waals surface area contributed by atoms with Gasteiger partial charge in [0.05, 0.1) is 19.8 Å². The van der Waals surface area contributed by atoms with Crippen molar-refractivity contribution in [2.24, 2.45) is 10.7 Å². The van der Waals surface area contributed by atoms with E-state index in [9.17, 15) is 0 Å². The summed E-state index contributed by atoms with van der Waals surface area (Å²) in [4.78, 5) is 6.88. The Kier molecular flexibility index (Phi) is 12.2. The van der Waals surface area contributed by atoms with E-state index in [0.717, 1.165) is 26.1 Å². The first-order valence-electron chi connectivity index (χ1n) is 7.24. The predicted octanol–water partition coefficient (Wildman–Crippen LogP) is 1.59. The normalized spacial score (nSPS) is 19.6. The second-order valence-electron chi connectivity index (χ2n) is 4.77. The standard InChI is InChI=1S/C14H28N4O.HI/c1-3-5-10-19-11-8-16-14(15)17-12-13-7-6-9-18(13)4-2;/h3,13H,1,4-12H2,2H3,(H3,15,16,17);1H. The van der Waals surface area contributed by atoms with Crippen molar-refractivity contribution in [1.82, 2.24) is 10.2 Å². The zero-order valence-corrected chi connectivity index (χ0v) is 14.8. The molecule has 20 heavy (non-hydrogen) atoms. The number of ether oxygens (including phenoxy) is 1. The molecule has 0 saturated carbocycles. The minimum Gasteiger partial charge on any atom is -0.379 e. The molecule has 0 aromatic heterocycles. The Bertz CT molecular complexity index is 286. The average molecular weight is 396 g/mol. The average Bonchev–Trinajstić information content (AvgIpc) is 2.88. The van der Waals surface area contributed by atoms with Crippen molar-refractivity contribution in [1.29, 1.82) is 0 Å². The Morgan fingerprint density at radius 3 is 3.05 bits per heavy atom. The van der Waals surface area contributed by atoms with Crippen LogP contribution < -0.4 is 11.1 Å². The molecule has 1 atom stereocenters. The van der Waals surface area contributed by atoms with Gasteiger partial charge >= 0.3 is 0 Å². The van der Waals surface area contributed by atoms with Gasteiger partial charge in [-0.1, -0.05) is 13.0 Å².